The van der Waals surface area contributed by atoms with Crippen LogP contribution in [0.5, 0.6) is 11.5 Å². The van der Waals surface area contributed by atoms with Crippen molar-refractivity contribution in [2.45, 2.75) is 45.7 Å². The molecule has 3 aromatic rings. The molecule has 0 aliphatic carbocycles. The summed E-state index contributed by atoms with van der Waals surface area (Å²) in [5.41, 5.74) is 3.53. The summed E-state index contributed by atoms with van der Waals surface area (Å²) in [5, 5.41) is 7.56. The van der Waals surface area contributed by atoms with E-state index in [9.17, 15) is 4.79 Å². The molecule has 1 N–H and O–H groups in total. The van der Waals surface area contributed by atoms with Gasteiger partial charge in [-0.15, -0.1) is 0 Å². The van der Waals surface area contributed by atoms with Gasteiger partial charge in [0.1, 0.15) is 0 Å². The number of carbonyl (C=O) groups is 1. The predicted molar refractivity (Wildman–Crippen MR) is 132 cm³/mol. The Morgan fingerprint density at radius 3 is 2.48 bits per heavy atom. The van der Waals surface area contributed by atoms with Crippen LogP contribution in [0.2, 0.25) is 0 Å². The number of ether oxygens (including phenoxy) is 3. The number of anilines is 1. The molecule has 174 valence electrons. The molecule has 3 aromatic carbocycles. The molecule has 2 aliphatic heterocycles. The molecular weight excluding hydrogens is 416 g/mol. The molecule has 6 heteroatoms. The van der Waals surface area contributed by atoms with E-state index in [0.29, 0.717) is 24.3 Å². The summed E-state index contributed by atoms with van der Waals surface area (Å²) in [4.78, 5) is 14.9. The molecule has 1 atom stereocenters. The third kappa shape index (κ3) is 3.97. The van der Waals surface area contributed by atoms with Crippen molar-refractivity contribution in [3.8, 4) is 11.5 Å². The number of methoxy groups -OCH3 is 2. The van der Waals surface area contributed by atoms with Gasteiger partial charge < -0.3 is 14.2 Å². The van der Waals surface area contributed by atoms with Gasteiger partial charge in [0.2, 0.25) is 0 Å². The van der Waals surface area contributed by atoms with Crippen LogP contribution >= 0.6 is 0 Å². The highest BCUT2D eigenvalue weighted by Gasteiger charge is 2.32. The minimum atomic E-state index is -0.425. The summed E-state index contributed by atoms with van der Waals surface area (Å²) in [5.74, 6) is 1.73. The van der Waals surface area contributed by atoms with Crippen LogP contribution in [-0.2, 0) is 17.7 Å². The maximum Gasteiger partial charge on any atom is 0.411 e. The Labute approximate surface area is 194 Å². The minimum Gasteiger partial charge on any atom is -0.493 e. The van der Waals surface area contributed by atoms with E-state index in [1.54, 1.807) is 14.2 Å². The molecule has 0 bridgehead atoms. The van der Waals surface area contributed by atoms with Crippen molar-refractivity contribution in [2.75, 3.05) is 32.7 Å². The van der Waals surface area contributed by atoms with Gasteiger partial charge in [0.05, 0.1) is 20.8 Å². The number of nitrogens with one attached hydrogen (secondary N) is 1. The second kappa shape index (κ2) is 8.75. The average molecular weight is 449 g/mol. The molecule has 0 spiro atoms. The Balaban J connectivity index is 1.67. The molecule has 1 fully saturated rings. The third-order valence-corrected chi connectivity index (χ3v) is 6.94. The van der Waals surface area contributed by atoms with Gasteiger partial charge in [-0.3, -0.25) is 10.2 Å². The fourth-order valence-electron chi connectivity index (χ4n) is 5.37. The van der Waals surface area contributed by atoms with E-state index in [1.165, 1.54) is 34.7 Å². The van der Waals surface area contributed by atoms with Crippen LogP contribution in [0.3, 0.4) is 0 Å². The SMILES string of the molecule is COc1cc2c3c(c4ccc(NC(=O)OCC(C)C)cc4c2cc1OC)C[C@@H]1CCCN1C3. The lowest BCUT2D eigenvalue weighted by molar-refractivity contribution is 0.147. The second-order valence-electron chi connectivity index (χ2n) is 9.56. The van der Waals surface area contributed by atoms with Crippen LogP contribution in [0.25, 0.3) is 21.5 Å². The van der Waals surface area contributed by atoms with Crippen molar-refractivity contribution >= 4 is 33.3 Å². The number of rotatable bonds is 5. The zero-order chi connectivity index (χ0) is 23.1. The quantitative estimate of drug-likeness (QED) is 0.505. The van der Waals surface area contributed by atoms with Crippen molar-refractivity contribution in [1.82, 2.24) is 4.90 Å². The molecule has 0 radical (unpaired) electrons. The highest BCUT2D eigenvalue weighted by Crippen LogP contribution is 2.44. The van der Waals surface area contributed by atoms with Crippen LogP contribution in [-0.4, -0.2) is 44.4 Å². The van der Waals surface area contributed by atoms with Crippen LogP contribution in [0.4, 0.5) is 10.5 Å². The topological polar surface area (TPSA) is 60.0 Å². The molecule has 1 saturated heterocycles. The zero-order valence-corrected chi connectivity index (χ0v) is 19.9. The van der Waals surface area contributed by atoms with E-state index >= 15 is 0 Å². The van der Waals surface area contributed by atoms with Crippen molar-refractivity contribution in [1.29, 1.82) is 0 Å². The van der Waals surface area contributed by atoms with E-state index in [-0.39, 0.29) is 0 Å². The van der Waals surface area contributed by atoms with Gasteiger partial charge in [0.25, 0.3) is 0 Å². The maximum absolute atomic E-state index is 12.3. The van der Waals surface area contributed by atoms with E-state index in [2.05, 4.69) is 34.5 Å². The van der Waals surface area contributed by atoms with E-state index < -0.39 is 6.09 Å². The Bertz CT molecular complexity index is 1220. The summed E-state index contributed by atoms with van der Waals surface area (Å²) < 4.78 is 16.6. The lowest BCUT2D eigenvalue weighted by Crippen LogP contribution is -2.35. The summed E-state index contributed by atoms with van der Waals surface area (Å²) in [6, 6.07) is 11.0. The predicted octanol–water partition coefficient (Wildman–Crippen LogP) is 5.74. The number of carbonyl (C=O) groups excluding carboxylic acids is 1. The largest absolute Gasteiger partial charge is 0.493 e. The number of benzene rings is 3. The van der Waals surface area contributed by atoms with E-state index in [4.69, 9.17) is 14.2 Å². The molecule has 0 unspecified atom stereocenters. The van der Waals surface area contributed by atoms with Gasteiger partial charge in [-0.05, 0) is 88.7 Å². The highest BCUT2D eigenvalue weighted by molar-refractivity contribution is 6.13. The summed E-state index contributed by atoms with van der Waals surface area (Å²) in [7, 11) is 3.34. The smallest absolute Gasteiger partial charge is 0.411 e. The monoisotopic (exact) mass is 448 g/mol. The first-order chi connectivity index (χ1) is 16.0. The molecule has 0 aromatic heterocycles. The lowest BCUT2D eigenvalue weighted by Gasteiger charge is -2.33. The van der Waals surface area contributed by atoms with E-state index in [0.717, 1.165) is 41.7 Å². The molecular formula is C27H32N2O4. The van der Waals surface area contributed by atoms with Gasteiger partial charge in [0, 0.05) is 18.3 Å². The summed E-state index contributed by atoms with van der Waals surface area (Å²) in [6.45, 7) is 6.56. The molecule has 6 nitrogen and oxygen atoms in total. The molecule has 33 heavy (non-hydrogen) atoms. The normalized spacial score (nSPS) is 17.8. The first-order valence-corrected chi connectivity index (χ1v) is 11.8. The number of nitrogens with zero attached hydrogens (tertiary/aromatic N) is 1. The first-order valence-electron chi connectivity index (χ1n) is 11.8. The fraction of sp³-hybridized carbons (Fsp3) is 0.444. The molecule has 2 heterocycles. The van der Waals surface area contributed by atoms with Crippen LogP contribution in [0.15, 0.2) is 30.3 Å². The van der Waals surface area contributed by atoms with Gasteiger partial charge in [-0.2, -0.15) is 0 Å². The Hall–Kier alpha value is -2.99. The summed E-state index contributed by atoms with van der Waals surface area (Å²) in [6.07, 6.45) is 3.15. The summed E-state index contributed by atoms with van der Waals surface area (Å²) >= 11 is 0. The minimum absolute atomic E-state index is 0.292. The number of amides is 1. The molecule has 2 aliphatic rings. The Morgan fingerprint density at radius 1 is 1.03 bits per heavy atom. The van der Waals surface area contributed by atoms with Crippen molar-refractivity contribution < 1.29 is 19.0 Å². The highest BCUT2D eigenvalue weighted by atomic mass is 16.5. The number of hydrogen-bond donors (Lipinski definition) is 1. The van der Waals surface area contributed by atoms with Crippen LogP contribution in [0.1, 0.15) is 37.8 Å². The van der Waals surface area contributed by atoms with Gasteiger partial charge in [-0.25, -0.2) is 4.79 Å². The van der Waals surface area contributed by atoms with Crippen molar-refractivity contribution in [3.63, 3.8) is 0 Å². The lowest BCUT2D eigenvalue weighted by atomic mass is 9.85. The Kier molecular flexibility index (Phi) is 5.79. The van der Waals surface area contributed by atoms with Gasteiger partial charge in [0.15, 0.2) is 11.5 Å². The first kappa shape index (κ1) is 21.8. The molecule has 1 amide bonds. The van der Waals surface area contributed by atoms with E-state index in [1.807, 2.05) is 19.9 Å². The second-order valence-corrected chi connectivity index (χ2v) is 9.56. The third-order valence-electron chi connectivity index (χ3n) is 6.94. The average Bonchev–Trinajstić information content (AvgIpc) is 3.28. The molecule has 0 saturated carbocycles. The van der Waals surface area contributed by atoms with Crippen molar-refractivity contribution in [2.24, 2.45) is 5.92 Å². The van der Waals surface area contributed by atoms with Gasteiger partial charge in [-0.1, -0.05) is 19.9 Å². The van der Waals surface area contributed by atoms with Crippen LogP contribution in [0, 0.1) is 5.92 Å². The zero-order valence-electron chi connectivity index (χ0n) is 19.9. The number of fused-ring (bicyclic) bond motifs is 7. The Morgan fingerprint density at radius 2 is 1.76 bits per heavy atom. The van der Waals surface area contributed by atoms with Crippen molar-refractivity contribution in [3.05, 3.63) is 41.5 Å². The number of hydrogen-bond acceptors (Lipinski definition) is 5. The standard InChI is InChI=1S/C27H32N2O4/c1-16(2)15-33-27(30)28-17-7-8-19-20(10-17)22-12-25(31-3)26(32-4)13-23(22)24-14-29-9-5-6-18(29)11-21(19)24/h7-8,10,12-13,16,18H,5-6,9,11,14-15H2,1-4H3,(H,28,30)/t18-/m0/s1. The van der Waals surface area contributed by atoms with Crippen LogP contribution < -0.4 is 14.8 Å². The fourth-order valence-corrected chi connectivity index (χ4v) is 5.37. The van der Waals surface area contributed by atoms with Gasteiger partial charge >= 0.3 is 6.09 Å². The maximum atomic E-state index is 12.3. The molecule has 5 rings (SSSR count).